The van der Waals surface area contributed by atoms with Crippen LogP contribution in [0.1, 0.15) is 36.3 Å². The Morgan fingerprint density at radius 1 is 1.58 bits per heavy atom. The molecule has 0 fully saturated rings. The zero-order valence-corrected chi connectivity index (χ0v) is 11.7. The molecule has 0 bridgehead atoms. The Morgan fingerprint density at radius 2 is 2.32 bits per heavy atom. The molecule has 0 aromatic carbocycles. The molecule has 0 atom stereocenters. The summed E-state index contributed by atoms with van der Waals surface area (Å²) in [6.45, 7) is 6.23. The summed E-state index contributed by atoms with van der Waals surface area (Å²) in [5.74, 6) is -0.345. The lowest BCUT2D eigenvalue weighted by atomic mass is 10.2. The lowest BCUT2D eigenvalue weighted by Gasteiger charge is -2.19. The molecule has 0 saturated carbocycles. The molecule has 6 heteroatoms. The summed E-state index contributed by atoms with van der Waals surface area (Å²) in [5.41, 5.74) is 1.32. The molecule has 6 nitrogen and oxygen atoms in total. The van der Waals surface area contributed by atoms with Gasteiger partial charge in [-0.1, -0.05) is 6.92 Å². The second-order valence-electron chi connectivity index (χ2n) is 4.13. The van der Waals surface area contributed by atoms with E-state index in [4.69, 9.17) is 10.00 Å². The molecular formula is C13H20N4O2. The van der Waals surface area contributed by atoms with E-state index in [0.29, 0.717) is 31.7 Å². The van der Waals surface area contributed by atoms with Crippen molar-refractivity contribution in [2.45, 2.75) is 26.8 Å². The molecule has 0 unspecified atom stereocenters. The highest BCUT2D eigenvalue weighted by Gasteiger charge is 2.18. The van der Waals surface area contributed by atoms with Gasteiger partial charge in [0, 0.05) is 26.6 Å². The SMILES string of the molecule is CCOC(=O)c1cnn(C)c1CN(CC)CCC#N. The van der Waals surface area contributed by atoms with Crippen LogP contribution in [-0.2, 0) is 18.3 Å². The summed E-state index contributed by atoms with van der Waals surface area (Å²) in [4.78, 5) is 13.9. The first-order valence-electron chi connectivity index (χ1n) is 6.41. The Bertz CT molecular complexity index is 462. The molecule has 0 N–H and O–H groups in total. The maximum Gasteiger partial charge on any atom is 0.341 e. The van der Waals surface area contributed by atoms with Gasteiger partial charge in [-0.05, 0) is 13.5 Å². The molecule has 104 valence electrons. The van der Waals surface area contributed by atoms with Crippen LogP contribution < -0.4 is 0 Å². The summed E-state index contributed by atoms with van der Waals surface area (Å²) in [5, 5.41) is 12.7. The van der Waals surface area contributed by atoms with Gasteiger partial charge in [-0.25, -0.2) is 4.79 Å². The number of aromatic nitrogens is 2. The number of carbonyl (C=O) groups excluding carboxylic acids is 1. The van der Waals surface area contributed by atoms with E-state index in [0.717, 1.165) is 12.2 Å². The minimum Gasteiger partial charge on any atom is -0.462 e. The van der Waals surface area contributed by atoms with E-state index in [-0.39, 0.29) is 5.97 Å². The summed E-state index contributed by atoms with van der Waals surface area (Å²) in [6.07, 6.45) is 2.01. The van der Waals surface area contributed by atoms with Crippen LogP contribution in [0.5, 0.6) is 0 Å². The van der Waals surface area contributed by atoms with Crippen LogP contribution in [0.15, 0.2) is 6.20 Å². The zero-order valence-electron chi connectivity index (χ0n) is 11.7. The van der Waals surface area contributed by atoms with Crippen LogP contribution in [0.4, 0.5) is 0 Å². The normalized spacial score (nSPS) is 10.5. The third-order valence-electron chi connectivity index (χ3n) is 2.92. The third-order valence-corrected chi connectivity index (χ3v) is 2.92. The predicted molar refractivity (Wildman–Crippen MR) is 70.3 cm³/mol. The van der Waals surface area contributed by atoms with Crippen LogP contribution in [-0.4, -0.2) is 40.3 Å². The van der Waals surface area contributed by atoms with Gasteiger partial charge in [-0.3, -0.25) is 9.58 Å². The summed E-state index contributed by atoms with van der Waals surface area (Å²) < 4.78 is 6.70. The van der Waals surface area contributed by atoms with Crippen molar-refractivity contribution in [1.82, 2.24) is 14.7 Å². The van der Waals surface area contributed by atoms with E-state index in [1.807, 2.05) is 6.92 Å². The average molecular weight is 264 g/mol. The van der Waals surface area contributed by atoms with Gasteiger partial charge in [0.25, 0.3) is 0 Å². The van der Waals surface area contributed by atoms with Crippen molar-refractivity contribution >= 4 is 5.97 Å². The molecule has 0 amide bonds. The van der Waals surface area contributed by atoms with Gasteiger partial charge in [0.15, 0.2) is 0 Å². The number of hydrogen-bond acceptors (Lipinski definition) is 5. The number of nitriles is 1. The molecule has 1 heterocycles. The van der Waals surface area contributed by atoms with Gasteiger partial charge in [-0.2, -0.15) is 10.4 Å². The van der Waals surface area contributed by atoms with Crippen LogP contribution in [0, 0.1) is 11.3 Å². The van der Waals surface area contributed by atoms with Gasteiger partial charge in [0.2, 0.25) is 0 Å². The van der Waals surface area contributed by atoms with E-state index in [1.54, 1.807) is 18.7 Å². The van der Waals surface area contributed by atoms with Crippen LogP contribution >= 0.6 is 0 Å². The number of hydrogen-bond donors (Lipinski definition) is 0. The van der Waals surface area contributed by atoms with Gasteiger partial charge in [0.05, 0.1) is 24.6 Å². The predicted octanol–water partition coefficient (Wildman–Crippen LogP) is 1.33. The number of esters is 1. The number of ether oxygens (including phenoxy) is 1. The highest BCUT2D eigenvalue weighted by molar-refractivity contribution is 5.90. The molecule has 0 aliphatic carbocycles. The van der Waals surface area contributed by atoms with Crippen molar-refractivity contribution in [1.29, 1.82) is 5.26 Å². The molecule has 1 rings (SSSR count). The Kier molecular flexibility index (Phi) is 6.03. The Morgan fingerprint density at radius 3 is 2.89 bits per heavy atom. The first kappa shape index (κ1) is 15.2. The highest BCUT2D eigenvalue weighted by Crippen LogP contribution is 2.12. The van der Waals surface area contributed by atoms with E-state index < -0.39 is 0 Å². The van der Waals surface area contributed by atoms with Crippen molar-refractivity contribution in [2.24, 2.45) is 7.05 Å². The van der Waals surface area contributed by atoms with Gasteiger partial charge in [-0.15, -0.1) is 0 Å². The summed E-state index contributed by atoms with van der Waals surface area (Å²) in [6, 6.07) is 2.13. The minimum atomic E-state index is -0.345. The van der Waals surface area contributed by atoms with Crippen molar-refractivity contribution in [3.8, 4) is 6.07 Å². The highest BCUT2D eigenvalue weighted by atomic mass is 16.5. The molecule has 0 spiro atoms. The third kappa shape index (κ3) is 4.07. The van der Waals surface area contributed by atoms with E-state index in [2.05, 4.69) is 16.1 Å². The van der Waals surface area contributed by atoms with Crippen molar-refractivity contribution in [2.75, 3.05) is 19.7 Å². The average Bonchev–Trinajstić information content (AvgIpc) is 2.76. The second-order valence-corrected chi connectivity index (χ2v) is 4.13. The standard InChI is InChI=1S/C13H20N4O2/c1-4-17(8-6-7-14)10-12-11(9-15-16(12)3)13(18)19-5-2/h9H,4-6,8,10H2,1-3H3. The number of aryl methyl sites for hydroxylation is 1. The lowest BCUT2D eigenvalue weighted by Crippen LogP contribution is -2.26. The van der Waals surface area contributed by atoms with Crippen molar-refractivity contribution in [3.63, 3.8) is 0 Å². The van der Waals surface area contributed by atoms with Crippen molar-refractivity contribution < 1.29 is 9.53 Å². The Labute approximate surface area is 113 Å². The first-order valence-corrected chi connectivity index (χ1v) is 6.41. The molecule has 0 aliphatic rings. The number of rotatable bonds is 7. The molecule has 0 saturated heterocycles. The smallest absolute Gasteiger partial charge is 0.341 e. The summed E-state index contributed by atoms with van der Waals surface area (Å²) >= 11 is 0. The maximum atomic E-state index is 11.8. The Hall–Kier alpha value is -1.87. The van der Waals surface area contributed by atoms with E-state index in [1.165, 1.54) is 6.20 Å². The van der Waals surface area contributed by atoms with E-state index >= 15 is 0 Å². The van der Waals surface area contributed by atoms with Gasteiger partial charge < -0.3 is 4.74 Å². The maximum absolute atomic E-state index is 11.8. The Balaban J connectivity index is 2.84. The fourth-order valence-electron chi connectivity index (χ4n) is 1.80. The second kappa shape index (κ2) is 7.54. The number of nitrogens with zero attached hydrogens (tertiary/aromatic N) is 4. The molecular weight excluding hydrogens is 244 g/mol. The van der Waals surface area contributed by atoms with Crippen LogP contribution in [0.25, 0.3) is 0 Å². The monoisotopic (exact) mass is 264 g/mol. The van der Waals surface area contributed by atoms with Crippen LogP contribution in [0.3, 0.4) is 0 Å². The fourth-order valence-corrected chi connectivity index (χ4v) is 1.80. The number of carbonyl (C=O) groups is 1. The minimum absolute atomic E-state index is 0.345. The van der Waals surface area contributed by atoms with Gasteiger partial charge >= 0.3 is 5.97 Å². The van der Waals surface area contributed by atoms with Gasteiger partial charge in [0.1, 0.15) is 5.56 Å². The molecule has 0 radical (unpaired) electrons. The fraction of sp³-hybridized carbons (Fsp3) is 0.615. The topological polar surface area (TPSA) is 71.2 Å². The van der Waals surface area contributed by atoms with Crippen molar-refractivity contribution in [3.05, 3.63) is 17.5 Å². The molecule has 1 aromatic heterocycles. The molecule has 0 aliphatic heterocycles. The first-order chi connectivity index (χ1) is 9.13. The zero-order chi connectivity index (χ0) is 14.3. The lowest BCUT2D eigenvalue weighted by molar-refractivity contribution is 0.0523. The largest absolute Gasteiger partial charge is 0.462 e. The quantitative estimate of drug-likeness (QED) is 0.695. The van der Waals surface area contributed by atoms with E-state index in [9.17, 15) is 4.79 Å². The summed E-state index contributed by atoms with van der Waals surface area (Å²) in [7, 11) is 1.80. The molecule has 19 heavy (non-hydrogen) atoms. The van der Waals surface area contributed by atoms with Crippen LogP contribution in [0.2, 0.25) is 0 Å². The molecule has 1 aromatic rings.